The van der Waals surface area contributed by atoms with Gasteiger partial charge in [-0.2, -0.15) is 0 Å². The van der Waals surface area contributed by atoms with Crippen LogP contribution in [0.5, 0.6) is 0 Å². The van der Waals surface area contributed by atoms with Gasteiger partial charge in [0.15, 0.2) is 0 Å². The van der Waals surface area contributed by atoms with Crippen molar-refractivity contribution < 1.29 is 8.58 Å². The van der Waals surface area contributed by atoms with E-state index in [-0.39, 0.29) is 5.97 Å². The van der Waals surface area contributed by atoms with Gasteiger partial charge in [0.05, 0.1) is 0 Å². The van der Waals surface area contributed by atoms with E-state index in [1.807, 2.05) is 6.08 Å². The van der Waals surface area contributed by atoms with Crippen LogP contribution in [-0.4, -0.2) is 22.6 Å². The molecule has 80 valence electrons. The molecule has 0 N–H and O–H groups in total. The highest BCUT2D eigenvalue weighted by molar-refractivity contribution is 6.05. The number of hydrogen-bond donors (Lipinski definition) is 0. The first-order valence-corrected chi connectivity index (χ1v) is 6.30. The second-order valence-corrected chi connectivity index (χ2v) is 3.93. The minimum absolute atomic E-state index is 0.0247. The van der Waals surface area contributed by atoms with Gasteiger partial charge in [0.25, 0.3) is 5.97 Å². The van der Waals surface area contributed by atoms with Gasteiger partial charge in [-0.15, -0.1) is 6.58 Å². The van der Waals surface area contributed by atoms with Crippen LogP contribution in [0.2, 0.25) is 0 Å². The van der Waals surface area contributed by atoms with E-state index in [9.17, 15) is 4.79 Å². The summed E-state index contributed by atoms with van der Waals surface area (Å²) >= 11 is 0.535. The molecule has 0 saturated heterocycles. The maximum absolute atomic E-state index is 10.8. The normalized spacial score (nSPS) is 9.71. The largest absolute Gasteiger partial charge is 0.621 e. The highest BCUT2D eigenvalue weighted by atomic mass is 27.1. The number of unbranched alkanes of at least 4 members (excludes halogenated alkanes) is 6. The fourth-order valence-corrected chi connectivity index (χ4v) is 1.57. The lowest BCUT2D eigenvalue weighted by atomic mass is 10.1. The Kier molecular flexibility index (Phi) is 10.6. The fraction of sp³-hybridized carbons (Fsp3) is 0.727. The van der Waals surface area contributed by atoms with Gasteiger partial charge < -0.3 is 3.79 Å². The molecule has 0 aliphatic heterocycles. The molecule has 0 radical (unpaired) electrons. The molecule has 0 spiro atoms. The van der Waals surface area contributed by atoms with Gasteiger partial charge in [-0.25, -0.2) is 0 Å². The number of rotatable bonds is 9. The van der Waals surface area contributed by atoms with Crippen LogP contribution in [0.15, 0.2) is 12.7 Å². The second-order valence-electron chi connectivity index (χ2n) is 3.52. The standard InChI is InChI=1S/C11H20O2.Al.2H/c1-2-3-4-5-6-7-8-9-10-11(12)13;;;/h2H,1,3-10H2,(H,12,13);;;/q;+1;;/p-1. The molecule has 0 aromatic carbocycles. The van der Waals surface area contributed by atoms with E-state index >= 15 is 0 Å². The van der Waals surface area contributed by atoms with Gasteiger partial charge in [-0.3, -0.25) is 4.79 Å². The Morgan fingerprint density at radius 2 is 1.71 bits per heavy atom. The van der Waals surface area contributed by atoms with Crippen molar-refractivity contribution in [1.29, 1.82) is 0 Å². The molecule has 0 aliphatic rings. The van der Waals surface area contributed by atoms with Crippen LogP contribution < -0.4 is 0 Å². The Labute approximate surface area is 95.5 Å². The zero-order chi connectivity index (χ0) is 10.6. The third-order valence-corrected chi connectivity index (χ3v) is 2.72. The zero-order valence-electron chi connectivity index (χ0n) is 9.26. The number of hydrogen-bond acceptors (Lipinski definition) is 2. The molecule has 0 fully saturated rings. The van der Waals surface area contributed by atoms with Crippen molar-refractivity contribution in [3.05, 3.63) is 12.7 Å². The van der Waals surface area contributed by atoms with E-state index in [4.69, 9.17) is 3.79 Å². The summed E-state index contributed by atoms with van der Waals surface area (Å²) in [5.74, 6) is -0.0247. The Hall–Kier alpha value is -0.258. The molecule has 0 atom stereocenters. The van der Waals surface area contributed by atoms with Crippen molar-refractivity contribution in [3.63, 3.8) is 0 Å². The summed E-state index contributed by atoms with van der Waals surface area (Å²) in [6.07, 6.45) is 10.9. The third kappa shape index (κ3) is 9.83. The lowest BCUT2D eigenvalue weighted by Crippen LogP contribution is -2.00. The van der Waals surface area contributed by atoms with Crippen LogP contribution in [-0.2, 0) is 8.58 Å². The van der Waals surface area contributed by atoms with Crippen molar-refractivity contribution in [2.45, 2.75) is 51.4 Å². The molecule has 0 rings (SSSR count). The van der Waals surface area contributed by atoms with Crippen molar-refractivity contribution in [2.75, 3.05) is 0 Å². The molecule has 0 aliphatic carbocycles. The summed E-state index contributed by atoms with van der Waals surface area (Å²) in [5.41, 5.74) is 0. The molecule has 14 heavy (non-hydrogen) atoms. The van der Waals surface area contributed by atoms with Gasteiger partial charge in [-0.1, -0.05) is 31.8 Å². The Morgan fingerprint density at radius 3 is 2.29 bits per heavy atom. The van der Waals surface area contributed by atoms with Crippen LogP contribution in [0.1, 0.15) is 51.4 Å². The topological polar surface area (TPSA) is 26.3 Å². The van der Waals surface area contributed by atoms with Gasteiger partial charge in [0, 0.05) is 6.42 Å². The van der Waals surface area contributed by atoms with Crippen LogP contribution >= 0.6 is 0 Å². The maximum Gasteiger partial charge on any atom is 0.499 e. The van der Waals surface area contributed by atoms with E-state index < -0.39 is 0 Å². The van der Waals surface area contributed by atoms with Crippen molar-refractivity contribution in [3.8, 4) is 0 Å². The fourth-order valence-electron chi connectivity index (χ4n) is 1.37. The summed E-state index contributed by atoms with van der Waals surface area (Å²) in [6.45, 7) is 3.69. The number of carbonyl (C=O) groups is 1. The van der Waals surface area contributed by atoms with Crippen LogP contribution in [0, 0.1) is 0 Å². The average molecular weight is 212 g/mol. The molecule has 3 heteroatoms. The van der Waals surface area contributed by atoms with Crippen LogP contribution in [0.3, 0.4) is 0 Å². The lowest BCUT2D eigenvalue weighted by molar-refractivity contribution is -0.134. The molecule has 0 bridgehead atoms. The summed E-state index contributed by atoms with van der Waals surface area (Å²) in [5, 5.41) is 0. The first kappa shape index (κ1) is 13.7. The van der Waals surface area contributed by atoms with E-state index in [1.165, 1.54) is 25.7 Å². The minimum atomic E-state index is -0.0247. The minimum Gasteiger partial charge on any atom is -0.621 e. The van der Waals surface area contributed by atoms with Crippen LogP contribution in [0.4, 0.5) is 0 Å². The monoisotopic (exact) mass is 212 g/mol. The van der Waals surface area contributed by atoms with E-state index in [0.717, 1.165) is 19.3 Å². The molecular weight excluding hydrogens is 191 g/mol. The van der Waals surface area contributed by atoms with E-state index in [2.05, 4.69) is 6.58 Å². The molecule has 0 amide bonds. The molecule has 0 saturated carbocycles. The highest BCUT2D eigenvalue weighted by Crippen LogP contribution is 2.08. The number of allylic oxidation sites excluding steroid dienone is 1. The van der Waals surface area contributed by atoms with Gasteiger partial charge in [0.2, 0.25) is 0 Å². The molecular formula is C11H21AlO2. The van der Waals surface area contributed by atoms with Gasteiger partial charge in [0.1, 0.15) is 0 Å². The van der Waals surface area contributed by atoms with Crippen molar-refractivity contribution in [2.24, 2.45) is 0 Å². The van der Waals surface area contributed by atoms with Crippen LogP contribution in [0.25, 0.3) is 0 Å². The lowest BCUT2D eigenvalue weighted by Gasteiger charge is -2.01. The summed E-state index contributed by atoms with van der Waals surface area (Å²) in [6, 6.07) is 0. The second kappa shape index (κ2) is 10.8. The maximum atomic E-state index is 10.8. The predicted molar refractivity (Wildman–Crippen MR) is 61.8 cm³/mol. The Bertz CT molecular complexity index is 157. The van der Waals surface area contributed by atoms with Crippen molar-refractivity contribution in [1.82, 2.24) is 0 Å². The molecule has 0 aromatic heterocycles. The highest BCUT2D eigenvalue weighted by Gasteiger charge is 1.97. The van der Waals surface area contributed by atoms with Crippen molar-refractivity contribution >= 4 is 22.6 Å². The SMILES string of the molecule is C=CCCCCCCCCC(=O)[O][AlH2]. The quantitative estimate of drug-likeness (QED) is 0.333. The third-order valence-electron chi connectivity index (χ3n) is 2.27. The molecule has 0 heterocycles. The Balaban J connectivity index is 2.98. The first-order chi connectivity index (χ1) is 6.81. The summed E-state index contributed by atoms with van der Waals surface area (Å²) < 4.78 is 4.70. The smallest absolute Gasteiger partial charge is 0.499 e. The van der Waals surface area contributed by atoms with E-state index in [0.29, 0.717) is 23.0 Å². The molecule has 2 nitrogen and oxygen atoms in total. The molecule has 0 aromatic rings. The predicted octanol–water partition coefficient (Wildman–Crippen LogP) is 2.38. The molecule has 0 unspecified atom stereocenters. The van der Waals surface area contributed by atoms with Gasteiger partial charge >= 0.3 is 16.6 Å². The Morgan fingerprint density at radius 1 is 1.14 bits per heavy atom. The van der Waals surface area contributed by atoms with Gasteiger partial charge in [-0.05, 0) is 19.3 Å². The average Bonchev–Trinajstić information content (AvgIpc) is 2.21. The summed E-state index contributed by atoms with van der Waals surface area (Å²) in [4.78, 5) is 10.8. The zero-order valence-corrected chi connectivity index (χ0v) is 11.3. The summed E-state index contributed by atoms with van der Waals surface area (Å²) in [7, 11) is 0. The first-order valence-electron chi connectivity index (χ1n) is 5.49. The number of carbonyl (C=O) groups excluding carboxylic acids is 1. The van der Waals surface area contributed by atoms with E-state index in [1.54, 1.807) is 0 Å².